The van der Waals surface area contributed by atoms with Crippen molar-refractivity contribution in [1.29, 1.82) is 0 Å². The lowest BCUT2D eigenvalue weighted by atomic mass is 10.2. The minimum absolute atomic E-state index is 0.00991. The summed E-state index contributed by atoms with van der Waals surface area (Å²) in [5.74, 6) is -0.326. The van der Waals surface area contributed by atoms with Crippen LogP contribution in [0, 0.1) is 0 Å². The first-order chi connectivity index (χ1) is 9.78. The van der Waals surface area contributed by atoms with Gasteiger partial charge in [-0.05, 0) is 26.7 Å². The molecule has 3 unspecified atom stereocenters. The predicted octanol–water partition coefficient (Wildman–Crippen LogP) is 1.13. The highest BCUT2D eigenvalue weighted by atomic mass is 32.2. The SMILES string of the molecule is COC(C)COCCC(CCS(=O)(=O)O)OCC(C)OC. The summed E-state index contributed by atoms with van der Waals surface area (Å²) in [4.78, 5) is 0. The van der Waals surface area contributed by atoms with E-state index >= 15 is 0 Å². The van der Waals surface area contributed by atoms with E-state index in [2.05, 4.69) is 0 Å². The van der Waals surface area contributed by atoms with Crippen LogP contribution >= 0.6 is 0 Å². The average molecular weight is 328 g/mol. The van der Waals surface area contributed by atoms with Crippen LogP contribution < -0.4 is 0 Å². The molecule has 7 nitrogen and oxygen atoms in total. The average Bonchev–Trinajstić information content (AvgIpc) is 2.43. The van der Waals surface area contributed by atoms with E-state index in [0.29, 0.717) is 26.2 Å². The zero-order valence-corrected chi connectivity index (χ0v) is 14.1. The molecule has 1 N–H and O–H groups in total. The molecule has 8 heteroatoms. The molecule has 0 radical (unpaired) electrons. The fourth-order valence-corrected chi connectivity index (χ4v) is 2.02. The molecule has 0 heterocycles. The topological polar surface area (TPSA) is 91.3 Å². The summed E-state index contributed by atoms with van der Waals surface area (Å²) >= 11 is 0. The Balaban J connectivity index is 4.11. The van der Waals surface area contributed by atoms with E-state index in [4.69, 9.17) is 23.5 Å². The van der Waals surface area contributed by atoms with Crippen LogP contribution in [0.3, 0.4) is 0 Å². The molecular formula is C13H28O7S. The second-order valence-corrected chi connectivity index (χ2v) is 6.56. The van der Waals surface area contributed by atoms with Crippen LogP contribution in [0.15, 0.2) is 0 Å². The van der Waals surface area contributed by atoms with Gasteiger partial charge in [0.1, 0.15) is 0 Å². The van der Waals surface area contributed by atoms with Gasteiger partial charge in [-0.25, -0.2) is 0 Å². The Morgan fingerprint density at radius 3 is 2.10 bits per heavy atom. The molecule has 0 amide bonds. The summed E-state index contributed by atoms with van der Waals surface area (Å²) in [6, 6.07) is 0. The smallest absolute Gasteiger partial charge is 0.264 e. The summed E-state index contributed by atoms with van der Waals surface area (Å²) in [5.41, 5.74) is 0. The number of methoxy groups -OCH3 is 2. The van der Waals surface area contributed by atoms with Gasteiger partial charge in [0.25, 0.3) is 10.1 Å². The lowest BCUT2D eigenvalue weighted by Gasteiger charge is -2.20. The van der Waals surface area contributed by atoms with Crippen LogP contribution in [-0.2, 0) is 29.1 Å². The van der Waals surface area contributed by atoms with Crippen LogP contribution in [0.4, 0.5) is 0 Å². The molecule has 0 aromatic heterocycles. The maximum absolute atomic E-state index is 10.8. The summed E-state index contributed by atoms with van der Waals surface area (Å²) in [5, 5.41) is 0. The van der Waals surface area contributed by atoms with Crippen molar-refractivity contribution >= 4 is 10.1 Å². The molecule has 0 fully saturated rings. The van der Waals surface area contributed by atoms with Crippen LogP contribution in [0.25, 0.3) is 0 Å². The lowest BCUT2D eigenvalue weighted by molar-refractivity contribution is -0.0400. The summed E-state index contributed by atoms with van der Waals surface area (Å²) in [6.07, 6.45) is 0.395. The molecule has 0 bridgehead atoms. The molecular weight excluding hydrogens is 300 g/mol. The van der Waals surface area contributed by atoms with Crippen molar-refractivity contribution < 1.29 is 31.9 Å². The number of ether oxygens (including phenoxy) is 4. The summed E-state index contributed by atoms with van der Waals surface area (Å²) < 4.78 is 51.6. The fourth-order valence-electron chi connectivity index (χ4n) is 1.46. The van der Waals surface area contributed by atoms with Crippen molar-refractivity contribution in [2.45, 2.75) is 45.0 Å². The second kappa shape index (κ2) is 11.3. The Morgan fingerprint density at radius 2 is 1.57 bits per heavy atom. The first-order valence-electron chi connectivity index (χ1n) is 6.98. The largest absolute Gasteiger partial charge is 0.379 e. The number of hydrogen-bond acceptors (Lipinski definition) is 6. The van der Waals surface area contributed by atoms with Crippen LogP contribution in [0.5, 0.6) is 0 Å². The van der Waals surface area contributed by atoms with Crippen molar-refractivity contribution in [3.8, 4) is 0 Å². The van der Waals surface area contributed by atoms with Gasteiger partial charge in [0.2, 0.25) is 0 Å². The Hall–Kier alpha value is -0.250. The van der Waals surface area contributed by atoms with Gasteiger partial charge in [-0.1, -0.05) is 0 Å². The van der Waals surface area contributed by atoms with Gasteiger partial charge in [0.05, 0.1) is 37.3 Å². The number of rotatable bonds is 13. The van der Waals surface area contributed by atoms with Gasteiger partial charge in [-0.15, -0.1) is 0 Å². The van der Waals surface area contributed by atoms with Crippen LogP contribution in [0.1, 0.15) is 26.7 Å². The third-order valence-electron chi connectivity index (χ3n) is 3.01. The molecule has 0 saturated carbocycles. The molecule has 0 aliphatic heterocycles. The van der Waals surface area contributed by atoms with Crippen molar-refractivity contribution in [1.82, 2.24) is 0 Å². The van der Waals surface area contributed by atoms with Crippen molar-refractivity contribution in [3.63, 3.8) is 0 Å². The van der Waals surface area contributed by atoms with Crippen molar-refractivity contribution in [2.24, 2.45) is 0 Å². The predicted molar refractivity (Wildman–Crippen MR) is 79.2 cm³/mol. The summed E-state index contributed by atoms with van der Waals surface area (Å²) in [6.45, 7) is 5.02. The molecule has 0 saturated heterocycles. The van der Waals surface area contributed by atoms with Gasteiger partial charge in [-0.2, -0.15) is 8.42 Å². The van der Waals surface area contributed by atoms with E-state index in [1.807, 2.05) is 13.8 Å². The molecule has 0 aromatic carbocycles. The molecule has 0 spiro atoms. The Bertz CT molecular complexity index is 344. The monoisotopic (exact) mass is 328 g/mol. The first kappa shape index (κ1) is 20.8. The van der Waals surface area contributed by atoms with E-state index < -0.39 is 10.1 Å². The lowest BCUT2D eigenvalue weighted by Crippen LogP contribution is -2.25. The van der Waals surface area contributed by atoms with E-state index in [1.165, 1.54) is 0 Å². The van der Waals surface area contributed by atoms with Crippen molar-refractivity contribution in [3.05, 3.63) is 0 Å². The van der Waals surface area contributed by atoms with Gasteiger partial charge < -0.3 is 18.9 Å². The minimum Gasteiger partial charge on any atom is -0.379 e. The zero-order valence-electron chi connectivity index (χ0n) is 13.3. The van der Waals surface area contributed by atoms with E-state index in [9.17, 15) is 8.42 Å². The van der Waals surface area contributed by atoms with Gasteiger partial charge in [-0.3, -0.25) is 4.55 Å². The molecule has 0 rings (SSSR count). The zero-order chi connectivity index (χ0) is 16.3. The maximum Gasteiger partial charge on any atom is 0.264 e. The van der Waals surface area contributed by atoms with Gasteiger partial charge in [0.15, 0.2) is 0 Å². The van der Waals surface area contributed by atoms with E-state index in [0.717, 1.165) is 0 Å². The highest BCUT2D eigenvalue weighted by Gasteiger charge is 2.15. The fraction of sp³-hybridized carbons (Fsp3) is 1.00. The molecule has 0 aromatic rings. The molecule has 3 atom stereocenters. The molecule has 21 heavy (non-hydrogen) atoms. The van der Waals surface area contributed by atoms with E-state index in [-0.39, 0.29) is 30.5 Å². The molecule has 128 valence electrons. The maximum atomic E-state index is 10.8. The number of hydrogen-bond donors (Lipinski definition) is 1. The first-order valence-corrected chi connectivity index (χ1v) is 8.59. The third-order valence-corrected chi connectivity index (χ3v) is 3.76. The Labute approximate surface area is 127 Å². The molecule has 0 aliphatic rings. The van der Waals surface area contributed by atoms with Gasteiger partial charge >= 0.3 is 0 Å². The molecule has 0 aliphatic carbocycles. The Morgan fingerprint density at radius 1 is 1.00 bits per heavy atom. The van der Waals surface area contributed by atoms with E-state index in [1.54, 1.807) is 14.2 Å². The van der Waals surface area contributed by atoms with Crippen molar-refractivity contribution in [2.75, 3.05) is 39.8 Å². The normalized spacial score (nSPS) is 16.6. The third kappa shape index (κ3) is 13.2. The van der Waals surface area contributed by atoms with Crippen LogP contribution in [-0.4, -0.2) is 71.1 Å². The highest BCUT2D eigenvalue weighted by Crippen LogP contribution is 2.08. The summed E-state index contributed by atoms with van der Waals surface area (Å²) in [7, 11) is -0.794. The Kier molecular flexibility index (Phi) is 11.2. The minimum atomic E-state index is -3.98. The van der Waals surface area contributed by atoms with Gasteiger partial charge in [0, 0.05) is 20.8 Å². The standard InChI is InChI=1S/C13H28O7S/c1-11(17-3)9-19-7-5-13(6-8-21(14,15)16)20-10-12(2)18-4/h11-13H,5-10H2,1-4H3,(H,14,15,16). The quantitative estimate of drug-likeness (QED) is 0.400. The second-order valence-electron chi connectivity index (χ2n) is 4.99. The van der Waals surface area contributed by atoms with Crippen LogP contribution in [0.2, 0.25) is 0 Å². The highest BCUT2D eigenvalue weighted by molar-refractivity contribution is 7.85.